The molecule has 0 radical (unpaired) electrons. The van der Waals surface area contributed by atoms with Crippen LogP contribution >= 0.6 is 0 Å². The Morgan fingerprint density at radius 1 is 0.842 bits per heavy atom. The maximum Gasteiger partial charge on any atom is 0.175 e. The molecule has 0 saturated heterocycles. The van der Waals surface area contributed by atoms with E-state index in [4.69, 9.17) is 0 Å². The third-order valence-corrected chi connectivity index (χ3v) is 3.48. The van der Waals surface area contributed by atoms with E-state index in [1.165, 1.54) is 13.8 Å². The van der Waals surface area contributed by atoms with Crippen LogP contribution in [0.5, 0.6) is 0 Å². The van der Waals surface area contributed by atoms with Crippen molar-refractivity contribution in [1.82, 2.24) is 9.97 Å². The van der Waals surface area contributed by atoms with Crippen LogP contribution in [0.1, 0.15) is 60.1 Å². The quantitative estimate of drug-likeness (QED) is 0.828. The average molecular weight is 258 g/mol. The molecule has 0 fully saturated rings. The Bertz CT molecular complexity index is 578. The number of hydrogen-bond donors (Lipinski definition) is 2. The van der Waals surface area contributed by atoms with E-state index >= 15 is 0 Å². The molecule has 100 valence electrons. The van der Waals surface area contributed by atoms with Crippen molar-refractivity contribution < 1.29 is 9.59 Å². The van der Waals surface area contributed by atoms with E-state index in [1.807, 2.05) is 26.0 Å². The minimum absolute atomic E-state index is 0.0120. The monoisotopic (exact) mass is 258 g/mol. The largest absolute Gasteiger partial charge is 0.355 e. The van der Waals surface area contributed by atoms with E-state index in [0.29, 0.717) is 11.4 Å². The third-order valence-electron chi connectivity index (χ3n) is 3.48. The fourth-order valence-electron chi connectivity index (χ4n) is 2.08. The summed E-state index contributed by atoms with van der Waals surface area (Å²) in [4.78, 5) is 28.9. The fourth-order valence-corrected chi connectivity index (χ4v) is 2.08. The lowest BCUT2D eigenvalue weighted by molar-refractivity contribution is 0.100. The van der Waals surface area contributed by atoms with Gasteiger partial charge >= 0.3 is 0 Å². The number of rotatable bonds is 4. The molecule has 2 rings (SSSR count). The van der Waals surface area contributed by atoms with Crippen molar-refractivity contribution in [3.05, 3.63) is 47.0 Å². The topological polar surface area (TPSA) is 65.7 Å². The SMILES string of the molecule is CC(=O)c1ccc(C(C)(C)c2ccc(C(C)=O)[nH]2)[nH]1. The maximum absolute atomic E-state index is 11.3. The van der Waals surface area contributed by atoms with Gasteiger partial charge in [0, 0.05) is 30.7 Å². The fraction of sp³-hybridized carbons (Fsp3) is 0.333. The molecule has 2 aromatic rings. The van der Waals surface area contributed by atoms with E-state index in [0.717, 1.165) is 11.4 Å². The van der Waals surface area contributed by atoms with Crippen LogP contribution in [0.15, 0.2) is 24.3 Å². The van der Waals surface area contributed by atoms with Crippen LogP contribution < -0.4 is 0 Å². The highest BCUT2D eigenvalue weighted by Gasteiger charge is 2.27. The van der Waals surface area contributed by atoms with Crippen molar-refractivity contribution in [2.45, 2.75) is 33.1 Å². The van der Waals surface area contributed by atoms with Crippen molar-refractivity contribution in [2.75, 3.05) is 0 Å². The van der Waals surface area contributed by atoms with Crippen LogP contribution in [-0.2, 0) is 5.41 Å². The van der Waals surface area contributed by atoms with Crippen molar-refractivity contribution in [3.8, 4) is 0 Å². The number of carbonyl (C=O) groups excluding carboxylic acids is 2. The van der Waals surface area contributed by atoms with Crippen molar-refractivity contribution in [1.29, 1.82) is 0 Å². The molecule has 0 atom stereocenters. The molecule has 2 heterocycles. The van der Waals surface area contributed by atoms with Crippen LogP contribution in [0.2, 0.25) is 0 Å². The molecule has 0 spiro atoms. The predicted octanol–water partition coefficient (Wildman–Crippen LogP) is 3.07. The van der Waals surface area contributed by atoms with Gasteiger partial charge in [-0.05, 0) is 38.1 Å². The molecule has 0 bridgehead atoms. The number of aromatic amines is 2. The number of ketones is 2. The van der Waals surface area contributed by atoms with Gasteiger partial charge in [-0.25, -0.2) is 0 Å². The summed E-state index contributed by atoms with van der Waals surface area (Å²) in [6, 6.07) is 7.39. The molecule has 0 aliphatic rings. The highest BCUT2D eigenvalue weighted by atomic mass is 16.1. The molecule has 0 unspecified atom stereocenters. The van der Waals surface area contributed by atoms with Gasteiger partial charge in [0.1, 0.15) is 0 Å². The van der Waals surface area contributed by atoms with Gasteiger partial charge in [-0.15, -0.1) is 0 Å². The summed E-state index contributed by atoms with van der Waals surface area (Å²) >= 11 is 0. The van der Waals surface area contributed by atoms with Gasteiger partial charge in [0.2, 0.25) is 0 Å². The van der Waals surface area contributed by atoms with Crippen LogP contribution in [0.4, 0.5) is 0 Å². The van der Waals surface area contributed by atoms with E-state index in [-0.39, 0.29) is 17.0 Å². The lowest BCUT2D eigenvalue weighted by Gasteiger charge is -2.22. The first-order chi connectivity index (χ1) is 8.82. The minimum Gasteiger partial charge on any atom is -0.355 e. The normalized spacial score (nSPS) is 11.6. The molecule has 2 N–H and O–H groups in total. The zero-order chi connectivity index (χ0) is 14.2. The molecule has 0 saturated carbocycles. The summed E-state index contributed by atoms with van der Waals surface area (Å²) in [6.07, 6.45) is 0. The Balaban J connectivity index is 2.39. The Morgan fingerprint density at radius 3 is 1.47 bits per heavy atom. The molecule has 0 amide bonds. The van der Waals surface area contributed by atoms with Crippen LogP contribution in [0.25, 0.3) is 0 Å². The summed E-state index contributed by atoms with van der Waals surface area (Å²) in [7, 11) is 0. The Hall–Kier alpha value is -2.10. The molecule has 0 aliphatic carbocycles. The molecule has 0 aliphatic heterocycles. The van der Waals surface area contributed by atoms with Gasteiger partial charge in [-0.3, -0.25) is 9.59 Å². The number of Topliss-reactive ketones (excluding diaryl/α,β-unsaturated/α-hetero) is 2. The second-order valence-corrected chi connectivity index (χ2v) is 5.31. The molecular formula is C15H18N2O2. The first kappa shape index (κ1) is 13.3. The van der Waals surface area contributed by atoms with Gasteiger partial charge in [0.25, 0.3) is 0 Å². The number of carbonyl (C=O) groups is 2. The zero-order valence-electron chi connectivity index (χ0n) is 11.6. The Morgan fingerprint density at radius 2 is 1.21 bits per heavy atom. The van der Waals surface area contributed by atoms with Crippen LogP contribution in [-0.4, -0.2) is 21.5 Å². The van der Waals surface area contributed by atoms with Crippen molar-refractivity contribution in [3.63, 3.8) is 0 Å². The lowest BCUT2D eigenvalue weighted by Crippen LogP contribution is -2.20. The van der Waals surface area contributed by atoms with E-state index in [2.05, 4.69) is 9.97 Å². The summed E-state index contributed by atoms with van der Waals surface area (Å²) < 4.78 is 0. The summed E-state index contributed by atoms with van der Waals surface area (Å²) in [5.74, 6) is 0.0240. The van der Waals surface area contributed by atoms with Gasteiger partial charge in [0.05, 0.1) is 11.4 Å². The third kappa shape index (κ3) is 2.38. The predicted molar refractivity (Wildman–Crippen MR) is 73.7 cm³/mol. The molecule has 4 nitrogen and oxygen atoms in total. The molecule has 19 heavy (non-hydrogen) atoms. The van der Waals surface area contributed by atoms with Crippen LogP contribution in [0.3, 0.4) is 0 Å². The zero-order valence-corrected chi connectivity index (χ0v) is 11.6. The smallest absolute Gasteiger partial charge is 0.175 e. The van der Waals surface area contributed by atoms with Crippen LogP contribution in [0, 0.1) is 0 Å². The Kier molecular flexibility index (Phi) is 3.18. The maximum atomic E-state index is 11.3. The van der Waals surface area contributed by atoms with Gasteiger partial charge in [0.15, 0.2) is 11.6 Å². The van der Waals surface area contributed by atoms with E-state index in [9.17, 15) is 9.59 Å². The van der Waals surface area contributed by atoms with Gasteiger partial charge in [-0.2, -0.15) is 0 Å². The molecule has 2 aromatic heterocycles. The summed E-state index contributed by atoms with van der Waals surface area (Å²) in [6.45, 7) is 7.15. The second-order valence-electron chi connectivity index (χ2n) is 5.31. The highest BCUT2D eigenvalue weighted by molar-refractivity contribution is 5.93. The number of hydrogen-bond acceptors (Lipinski definition) is 2. The van der Waals surface area contributed by atoms with E-state index in [1.54, 1.807) is 12.1 Å². The molecular weight excluding hydrogens is 240 g/mol. The summed E-state index contributed by atoms with van der Waals surface area (Å²) in [5, 5.41) is 0. The van der Waals surface area contributed by atoms with E-state index < -0.39 is 0 Å². The average Bonchev–Trinajstić information content (AvgIpc) is 2.99. The van der Waals surface area contributed by atoms with Gasteiger partial charge in [-0.1, -0.05) is 0 Å². The second kappa shape index (κ2) is 4.53. The first-order valence-electron chi connectivity index (χ1n) is 6.23. The highest BCUT2D eigenvalue weighted by Crippen LogP contribution is 2.30. The number of nitrogens with one attached hydrogen (secondary N) is 2. The molecule has 4 heteroatoms. The lowest BCUT2D eigenvalue weighted by atomic mass is 9.86. The number of aromatic nitrogens is 2. The van der Waals surface area contributed by atoms with Crippen molar-refractivity contribution in [2.24, 2.45) is 0 Å². The van der Waals surface area contributed by atoms with Gasteiger partial charge < -0.3 is 9.97 Å². The Labute approximate surface area is 112 Å². The number of H-pyrrole nitrogens is 2. The van der Waals surface area contributed by atoms with Crippen molar-refractivity contribution >= 4 is 11.6 Å². The minimum atomic E-state index is -0.318. The first-order valence-corrected chi connectivity index (χ1v) is 6.23. The molecule has 0 aromatic carbocycles. The standard InChI is InChI=1S/C15H18N2O2/c1-9(18)11-5-7-13(16-11)15(3,4)14-8-6-12(17-14)10(2)19/h5-8,16-17H,1-4H3. The summed E-state index contributed by atoms with van der Waals surface area (Å²) in [5.41, 5.74) is 2.76.